The number of benzene rings is 1. The highest BCUT2D eigenvalue weighted by Crippen LogP contribution is 2.18. The van der Waals surface area contributed by atoms with Crippen molar-refractivity contribution < 1.29 is 5.11 Å². The van der Waals surface area contributed by atoms with Gasteiger partial charge in [-0.2, -0.15) is 11.3 Å². The fourth-order valence-electron chi connectivity index (χ4n) is 1.91. The van der Waals surface area contributed by atoms with Crippen LogP contribution in [0.5, 0.6) is 0 Å². The standard InChI is InChI=1S/C15H19NOS/c1-12(16-10-13-7-8-18-11-13)9-15(17)14-5-3-2-4-6-14/h2-8,11-12,15-17H,9-10H2,1H3. The molecule has 2 unspecified atom stereocenters. The van der Waals surface area contributed by atoms with Gasteiger partial charge in [-0.3, -0.25) is 0 Å². The van der Waals surface area contributed by atoms with E-state index in [0.717, 1.165) is 18.5 Å². The third-order valence-electron chi connectivity index (χ3n) is 3.00. The van der Waals surface area contributed by atoms with E-state index in [1.807, 2.05) is 30.3 Å². The van der Waals surface area contributed by atoms with Gasteiger partial charge in [0.15, 0.2) is 0 Å². The first kappa shape index (κ1) is 13.3. The number of aliphatic hydroxyl groups excluding tert-OH is 1. The van der Waals surface area contributed by atoms with E-state index in [1.54, 1.807) is 11.3 Å². The number of hydrogen-bond donors (Lipinski definition) is 2. The minimum Gasteiger partial charge on any atom is -0.388 e. The predicted octanol–water partition coefficient (Wildman–Crippen LogP) is 3.35. The summed E-state index contributed by atoms with van der Waals surface area (Å²) in [6.45, 7) is 2.98. The van der Waals surface area contributed by atoms with E-state index in [1.165, 1.54) is 5.56 Å². The van der Waals surface area contributed by atoms with Gasteiger partial charge in [-0.15, -0.1) is 0 Å². The molecule has 2 rings (SSSR count). The van der Waals surface area contributed by atoms with Crippen LogP contribution >= 0.6 is 11.3 Å². The van der Waals surface area contributed by atoms with Gasteiger partial charge >= 0.3 is 0 Å². The van der Waals surface area contributed by atoms with Crippen LogP contribution in [-0.4, -0.2) is 11.1 Å². The highest BCUT2D eigenvalue weighted by molar-refractivity contribution is 7.07. The van der Waals surface area contributed by atoms with Crippen LogP contribution in [-0.2, 0) is 6.54 Å². The maximum absolute atomic E-state index is 10.1. The molecule has 1 heterocycles. The topological polar surface area (TPSA) is 32.3 Å². The summed E-state index contributed by atoms with van der Waals surface area (Å²) in [4.78, 5) is 0. The molecule has 0 aliphatic heterocycles. The molecule has 2 N–H and O–H groups in total. The van der Waals surface area contributed by atoms with E-state index in [0.29, 0.717) is 6.04 Å². The van der Waals surface area contributed by atoms with Crippen molar-refractivity contribution in [3.8, 4) is 0 Å². The summed E-state index contributed by atoms with van der Waals surface area (Å²) in [6.07, 6.45) is 0.338. The summed E-state index contributed by atoms with van der Waals surface area (Å²) in [5.74, 6) is 0. The van der Waals surface area contributed by atoms with Crippen LogP contribution in [0, 0.1) is 0 Å². The van der Waals surface area contributed by atoms with Gasteiger partial charge in [0.25, 0.3) is 0 Å². The zero-order valence-electron chi connectivity index (χ0n) is 10.5. The first-order valence-electron chi connectivity index (χ1n) is 6.23. The maximum atomic E-state index is 10.1. The first-order valence-corrected chi connectivity index (χ1v) is 7.17. The highest BCUT2D eigenvalue weighted by Gasteiger charge is 2.11. The van der Waals surface area contributed by atoms with Gasteiger partial charge in [-0.1, -0.05) is 30.3 Å². The van der Waals surface area contributed by atoms with Crippen LogP contribution in [0.4, 0.5) is 0 Å². The second-order valence-corrected chi connectivity index (χ2v) is 5.36. The average Bonchev–Trinajstić information content (AvgIpc) is 2.90. The SMILES string of the molecule is CC(CC(O)c1ccccc1)NCc1ccsc1. The van der Waals surface area contributed by atoms with Crippen molar-refractivity contribution in [3.05, 3.63) is 58.3 Å². The van der Waals surface area contributed by atoms with Crippen LogP contribution in [0.15, 0.2) is 47.2 Å². The lowest BCUT2D eigenvalue weighted by molar-refractivity contribution is 0.154. The second-order valence-electron chi connectivity index (χ2n) is 4.58. The highest BCUT2D eigenvalue weighted by atomic mass is 32.1. The van der Waals surface area contributed by atoms with Crippen LogP contribution in [0.3, 0.4) is 0 Å². The molecule has 0 aliphatic rings. The Labute approximate surface area is 112 Å². The van der Waals surface area contributed by atoms with Gasteiger partial charge in [-0.05, 0) is 41.3 Å². The van der Waals surface area contributed by atoms with Gasteiger partial charge in [-0.25, -0.2) is 0 Å². The lowest BCUT2D eigenvalue weighted by Crippen LogP contribution is -2.27. The fraction of sp³-hybridized carbons (Fsp3) is 0.333. The quantitative estimate of drug-likeness (QED) is 0.836. The molecule has 0 spiro atoms. The van der Waals surface area contributed by atoms with Gasteiger partial charge in [0, 0.05) is 12.6 Å². The molecule has 2 nitrogen and oxygen atoms in total. The third-order valence-corrected chi connectivity index (χ3v) is 3.73. The van der Waals surface area contributed by atoms with E-state index in [4.69, 9.17) is 0 Å². The molecule has 18 heavy (non-hydrogen) atoms. The Morgan fingerprint density at radius 3 is 2.67 bits per heavy atom. The van der Waals surface area contributed by atoms with Crippen molar-refractivity contribution in [2.75, 3.05) is 0 Å². The Morgan fingerprint density at radius 1 is 1.22 bits per heavy atom. The monoisotopic (exact) mass is 261 g/mol. The van der Waals surface area contributed by atoms with E-state index < -0.39 is 6.10 Å². The Balaban J connectivity index is 1.78. The molecular formula is C15H19NOS. The predicted molar refractivity (Wildman–Crippen MR) is 76.6 cm³/mol. The van der Waals surface area contributed by atoms with Crippen molar-refractivity contribution >= 4 is 11.3 Å². The van der Waals surface area contributed by atoms with Crippen molar-refractivity contribution in [3.63, 3.8) is 0 Å². The first-order chi connectivity index (χ1) is 8.75. The van der Waals surface area contributed by atoms with Gasteiger partial charge in [0.2, 0.25) is 0 Å². The number of aliphatic hydroxyl groups is 1. The summed E-state index contributed by atoms with van der Waals surface area (Å²) in [5, 5.41) is 17.8. The molecule has 3 heteroatoms. The van der Waals surface area contributed by atoms with Gasteiger partial charge < -0.3 is 10.4 Å². The van der Waals surface area contributed by atoms with E-state index in [2.05, 4.69) is 29.1 Å². The molecule has 0 aliphatic carbocycles. The zero-order chi connectivity index (χ0) is 12.8. The van der Waals surface area contributed by atoms with Crippen LogP contribution in [0.25, 0.3) is 0 Å². The van der Waals surface area contributed by atoms with Crippen molar-refractivity contribution in [2.45, 2.75) is 32.0 Å². The average molecular weight is 261 g/mol. The summed E-state index contributed by atoms with van der Waals surface area (Å²) in [7, 11) is 0. The van der Waals surface area contributed by atoms with E-state index in [-0.39, 0.29) is 0 Å². The minimum atomic E-state index is -0.392. The summed E-state index contributed by atoms with van der Waals surface area (Å²) in [6, 6.07) is 12.2. The Hall–Kier alpha value is -1.16. The number of hydrogen-bond acceptors (Lipinski definition) is 3. The molecule has 0 fully saturated rings. The van der Waals surface area contributed by atoms with Crippen molar-refractivity contribution in [1.82, 2.24) is 5.32 Å². The molecule has 0 radical (unpaired) electrons. The maximum Gasteiger partial charge on any atom is 0.0804 e. The summed E-state index contributed by atoms with van der Waals surface area (Å²) >= 11 is 1.71. The number of nitrogens with one attached hydrogen (secondary N) is 1. The Morgan fingerprint density at radius 2 is 2.00 bits per heavy atom. The fourth-order valence-corrected chi connectivity index (χ4v) is 2.58. The molecule has 2 atom stereocenters. The molecule has 0 bridgehead atoms. The molecule has 1 aromatic carbocycles. The second kappa shape index (κ2) is 6.69. The molecule has 0 saturated carbocycles. The van der Waals surface area contributed by atoms with Gasteiger partial charge in [0.05, 0.1) is 6.10 Å². The van der Waals surface area contributed by atoms with Gasteiger partial charge in [0.1, 0.15) is 0 Å². The Bertz CT molecular complexity index is 441. The van der Waals surface area contributed by atoms with Crippen LogP contribution in [0.2, 0.25) is 0 Å². The van der Waals surface area contributed by atoms with Crippen molar-refractivity contribution in [1.29, 1.82) is 0 Å². The number of thiophene rings is 1. The van der Waals surface area contributed by atoms with E-state index in [9.17, 15) is 5.11 Å². The van der Waals surface area contributed by atoms with Crippen molar-refractivity contribution in [2.24, 2.45) is 0 Å². The van der Waals surface area contributed by atoms with Crippen LogP contribution in [0.1, 0.15) is 30.6 Å². The smallest absolute Gasteiger partial charge is 0.0804 e. The Kier molecular flexibility index (Phi) is 4.93. The lowest BCUT2D eigenvalue weighted by Gasteiger charge is -2.18. The number of rotatable bonds is 6. The normalized spacial score (nSPS) is 14.3. The zero-order valence-corrected chi connectivity index (χ0v) is 11.4. The molecule has 1 aromatic heterocycles. The minimum absolute atomic E-state index is 0.292. The van der Waals surface area contributed by atoms with E-state index >= 15 is 0 Å². The molecule has 0 amide bonds. The molecular weight excluding hydrogens is 242 g/mol. The summed E-state index contributed by atoms with van der Waals surface area (Å²) < 4.78 is 0. The largest absolute Gasteiger partial charge is 0.388 e. The molecule has 96 valence electrons. The summed E-state index contributed by atoms with van der Waals surface area (Å²) in [5.41, 5.74) is 2.29. The lowest BCUT2D eigenvalue weighted by atomic mass is 10.0. The third kappa shape index (κ3) is 3.95. The molecule has 0 saturated heterocycles. The van der Waals surface area contributed by atoms with Crippen LogP contribution < -0.4 is 5.32 Å². The molecule has 2 aromatic rings.